The number of methoxy groups -OCH3 is 2. The highest BCUT2D eigenvalue weighted by atomic mass is 32.2. The summed E-state index contributed by atoms with van der Waals surface area (Å²) in [5, 5.41) is 15.3. The summed E-state index contributed by atoms with van der Waals surface area (Å²) in [6, 6.07) is 16.7. The maximum Gasteiger partial charge on any atom is 0.273 e. The van der Waals surface area contributed by atoms with Gasteiger partial charge in [-0.05, 0) is 68.0 Å². The Morgan fingerprint density at radius 1 is 1.05 bits per heavy atom. The summed E-state index contributed by atoms with van der Waals surface area (Å²) < 4.78 is 39.4. The van der Waals surface area contributed by atoms with Gasteiger partial charge in [0, 0.05) is 35.4 Å². The van der Waals surface area contributed by atoms with E-state index in [4.69, 9.17) is 21.7 Å². The summed E-state index contributed by atoms with van der Waals surface area (Å²) >= 11 is 5.88. The van der Waals surface area contributed by atoms with Gasteiger partial charge in [0.1, 0.15) is 11.5 Å². The molecule has 12 nitrogen and oxygen atoms in total. The van der Waals surface area contributed by atoms with Gasteiger partial charge < -0.3 is 24.3 Å². The smallest absolute Gasteiger partial charge is 0.273 e. The fourth-order valence-electron chi connectivity index (χ4n) is 5.49. The van der Waals surface area contributed by atoms with Gasteiger partial charge in [0.25, 0.3) is 5.69 Å². The summed E-state index contributed by atoms with van der Waals surface area (Å²) in [6.45, 7) is 3.92. The molecule has 2 atom stereocenters. The van der Waals surface area contributed by atoms with Crippen LogP contribution in [0.5, 0.6) is 11.5 Å². The van der Waals surface area contributed by atoms with Crippen molar-refractivity contribution in [3.05, 3.63) is 99.6 Å². The monoisotopic (exact) mass is 622 g/mol. The zero-order valence-electron chi connectivity index (χ0n) is 24.1. The third kappa shape index (κ3) is 5.70. The molecular weight excluding hydrogens is 592 g/mol. The van der Waals surface area contributed by atoms with Gasteiger partial charge in [0.05, 0.1) is 60.6 Å². The molecule has 3 heterocycles. The number of pyridine rings is 1. The van der Waals surface area contributed by atoms with Crippen molar-refractivity contribution in [2.75, 3.05) is 30.1 Å². The zero-order valence-corrected chi connectivity index (χ0v) is 25.7. The van der Waals surface area contributed by atoms with Crippen LogP contribution < -0.4 is 24.4 Å². The second-order valence-corrected chi connectivity index (χ2v) is 12.2. The van der Waals surface area contributed by atoms with Gasteiger partial charge in [-0.3, -0.25) is 19.8 Å². The molecule has 2 aromatic heterocycles. The van der Waals surface area contributed by atoms with E-state index in [1.54, 1.807) is 30.5 Å². The van der Waals surface area contributed by atoms with Crippen molar-refractivity contribution in [1.29, 1.82) is 0 Å². The van der Waals surface area contributed by atoms with E-state index in [9.17, 15) is 18.5 Å². The molecule has 0 radical (unpaired) electrons. The Bertz CT molecular complexity index is 1830. The molecule has 5 rings (SSSR count). The summed E-state index contributed by atoms with van der Waals surface area (Å²) in [7, 11) is -0.596. The number of nitrogens with one attached hydrogen (secondary N) is 2. The van der Waals surface area contributed by atoms with E-state index in [-0.39, 0.29) is 17.8 Å². The lowest BCUT2D eigenvalue weighted by Gasteiger charge is -2.29. The van der Waals surface area contributed by atoms with E-state index in [0.717, 1.165) is 28.9 Å². The lowest BCUT2D eigenvalue weighted by atomic mass is 9.96. The van der Waals surface area contributed by atoms with Crippen LogP contribution in [0.15, 0.2) is 66.9 Å². The Kier molecular flexibility index (Phi) is 7.99. The molecule has 0 aliphatic carbocycles. The molecule has 224 valence electrons. The first-order chi connectivity index (χ1) is 20.4. The van der Waals surface area contributed by atoms with Crippen molar-refractivity contribution in [2.24, 2.45) is 0 Å². The first kappa shape index (κ1) is 29.8. The SMILES string of the molecule is COc1cc(N2C(=S)N[C@H](c3ccccn3)[C@@H]2c2cc(C)n(-c3ccc([N+](=O)[O-])cc3OC)c2C)ccc1NS(C)(=O)=O. The van der Waals surface area contributed by atoms with Crippen molar-refractivity contribution in [1.82, 2.24) is 14.9 Å². The molecule has 43 heavy (non-hydrogen) atoms. The second kappa shape index (κ2) is 11.5. The maximum atomic E-state index is 11.9. The van der Waals surface area contributed by atoms with Gasteiger partial charge >= 0.3 is 0 Å². The number of ether oxygens (including phenoxy) is 2. The van der Waals surface area contributed by atoms with Crippen molar-refractivity contribution in [3.8, 4) is 17.2 Å². The lowest BCUT2D eigenvalue weighted by molar-refractivity contribution is -0.384. The van der Waals surface area contributed by atoms with Crippen LogP contribution in [0.4, 0.5) is 17.1 Å². The number of aromatic nitrogens is 2. The standard InChI is InChI=1S/C29H30N6O6S2/c1-17-14-21(18(2)33(17)24-12-10-20(35(36)37)16-26(24)41-4)28-27(23-8-6-7-13-30-23)31-29(42)34(28)19-9-11-22(25(15-19)40-3)32-43(5,38)39/h6-16,27-28,32H,1-5H3,(H,31,42)/t27-,28+/m1/s1. The fraction of sp³-hybridized carbons (Fsp3) is 0.241. The van der Waals surface area contributed by atoms with Crippen LogP contribution in [0.3, 0.4) is 0 Å². The predicted octanol–water partition coefficient (Wildman–Crippen LogP) is 4.96. The minimum absolute atomic E-state index is 0.0715. The number of hydrogen-bond acceptors (Lipinski definition) is 8. The first-order valence-corrected chi connectivity index (χ1v) is 15.4. The molecule has 0 saturated carbocycles. The minimum Gasteiger partial charge on any atom is -0.494 e. The van der Waals surface area contributed by atoms with Gasteiger partial charge in [-0.1, -0.05) is 6.07 Å². The van der Waals surface area contributed by atoms with Crippen LogP contribution in [0.1, 0.15) is 34.7 Å². The Labute approximate surface area is 254 Å². The van der Waals surface area contributed by atoms with Crippen LogP contribution in [0.25, 0.3) is 5.69 Å². The first-order valence-electron chi connectivity index (χ1n) is 13.1. The zero-order chi connectivity index (χ0) is 31.1. The van der Waals surface area contributed by atoms with E-state index in [0.29, 0.717) is 33.7 Å². The number of hydrogen-bond donors (Lipinski definition) is 2. The van der Waals surface area contributed by atoms with E-state index in [1.165, 1.54) is 26.4 Å². The van der Waals surface area contributed by atoms with Crippen molar-refractivity contribution < 1.29 is 22.8 Å². The van der Waals surface area contributed by atoms with Gasteiger partial charge in [0.2, 0.25) is 10.0 Å². The van der Waals surface area contributed by atoms with Crippen LogP contribution in [0.2, 0.25) is 0 Å². The van der Waals surface area contributed by atoms with Crippen LogP contribution in [-0.4, -0.2) is 48.5 Å². The van der Waals surface area contributed by atoms with E-state index < -0.39 is 14.9 Å². The average Bonchev–Trinajstić information content (AvgIpc) is 3.47. The van der Waals surface area contributed by atoms with Gasteiger partial charge in [-0.2, -0.15) is 0 Å². The average molecular weight is 623 g/mol. The number of rotatable bonds is 9. The third-order valence-electron chi connectivity index (χ3n) is 7.26. The summed E-state index contributed by atoms with van der Waals surface area (Å²) in [4.78, 5) is 17.5. The molecule has 2 aromatic carbocycles. The Balaban J connectivity index is 1.68. The molecule has 1 aliphatic rings. The van der Waals surface area contributed by atoms with Gasteiger partial charge in [0.15, 0.2) is 5.11 Å². The van der Waals surface area contributed by atoms with Crippen molar-refractivity contribution in [3.63, 3.8) is 0 Å². The third-order valence-corrected chi connectivity index (χ3v) is 8.17. The highest BCUT2D eigenvalue weighted by Gasteiger charge is 2.42. The number of nitro groups is 1. The molecular formula is C29H30N6O6S2. The molecule has 0 bridgehead atoms. The molecule has 1 fully saturated rings. The Morgan fingerprint density at radius 2 is 1.79 bits per heavy atom. The number of anilines is 2. The number of nitro benzene ring substituents is 1. The van der Waals surface area contributed by atoms with Crippen molar-refractivity contribution in [2.45, 2.75) is 25.9 Å². The number of nitrogens with zero attached hydrogens (tertiary/aromatic N) is 4. The van der Waals surface area contributed by atoms with Gasteiger partial charge in [-0.15, -0.1) is 0 Å². The normalized spacial score (nSPS) is 16.6. The molecule has 1 saturated heterocycles. The number of aryl methyl sites for hydroxylation is 1. The Morgan fingerprint density at radius 3 is 2.42 bits per heavy atom. The minimum atomic E-state index is -3.54. The van der Waals surface area contributed by atoms with Crippen LogP contribution in [-0.2, 0) is 10.0 Å². The molecule has 4 aromatic rings. The summed E-state index contributed by atoms with van der Waals surface area (Å²) in [5.74, 6) is 0.686. The number of non-ortho nitro benzene ring substituents is 1. The molecule has 0 spiro atoms. The number of benzene rings is 2. The fourth-order valence-corrected chi connectivity index (χ4v) is 6.40. The molecule has 2 N–H and O–H groups in total. The van der Waals surface area contributed by atoms with Crippen LogP contribution in [0, 0.1) is 24.0 Å². The van der Waals surface area contributed by atoms with Crippen LogP contribution >= 0.6 is 12.2 Å². The van der Waals surface area contributed by atoms with E-state index >= 15 is 0 Å². The summed E-state index contributed by atoms with van der Waals surface area (Å²) in [6.07, 6.45) is 2.79. The maximum absolute atomic E-state index is 11.9. The van der Waals surface area contributed by atoms with Crippen molar-refractivity contribution >= 4 is 44.4 Å². The second-order valence-electron chi connectivity index (χ2n) is 10.0. The highest BCUT2D eigenvalue weighted by Crippen LogP contribution is 2.45. The largest absolute Gasteiger partial charge is 0.494 e. The molecule has 0 amide bonds. The topological polar surface area (TPSA) is 141 Å². The lowest BCUT2D eigenvalue weighted by Crippen LogP contribution is -2.29. The number of sulfonamides is 1. The predicted molar refractivity (Wildman–Crippen MR) is 168 cm³/mol. The Hall–Kier alpha value is -4.69. The van der Waals surface area contributed by atoms with E-state index in [1.807, 2.05) is 41.5 Å². The quantitative estimate of drug-likeness (QED) is 0.149. The molecule has 14 heteroatoms. The highest BCUT2D eigenvalue weighted by molar-refractivity contribution is 7.92. The number of thiocarbonyl (C=S) groups is 1. The summed E-state index contributed by atoms with van der Waals surface area (Å²) in [5.41, 5.74) is 5.01. The molecule has 0 unspecified atom stereocenters. The van der Waals surface area contributed by atoms with E-state index in [2.05, 4.69) is 21.1 Å². The van der Waals surface area contributed by atoms with Gasteiger partial charge in [-0.25, -0.2) is 8.42 Å². The molecule has 1 aliphatic heterocycles.